The van der Waals surface area contributed by atoms with Gasteiger partial charge in [0.25, 0.3) is 0 Å². The summed E-state index contributed by atoms with van der Waals surface area (Å²) in [6, 6.07) is 0. The van der Waals surface area contributed by atoms with Gasteiger partial charge in [0.1, 0.15) is 5.75 Å². The molecule has 29 heavy (non-hydrogen) atoms. The molecule has 1 fully saturated rings. The fourth-order valence-electron chi connectivity index (χ4n) is 3.47. The molecule has 0 aliphatic carbocycles. The van der Waals surface area contributed by atoms with Gasteiger partial charge in [0, 0.05) is 0 Å². The van der Waals surface area contributed by atoms with Crippen LogP contribution in [0.1, 0.15) is 27.7 Å². The zero-order chi connectivity index (χ0) is 21.6. The Morgan fingerprint density at radius 2 is 1.00 bits per heavy atom. The smallest absolute Gasteiger partial charge is 0.502 e. The van der Waals surface area contributed by atoms with Gasteiger partial charge in [-0.3, -0.25) is 0 Å². The SMILES string of the molecule is CC1(C)OB(c2c(O)c(O)c3[nH]c4c(O)c(O)c(O)c(O)c4c3c2O)OC1(C)C. The van der Waals surface area contributed by atoms with Crippen molar-refractivity contribution in [3.05, 3.63) is 0 Å². The molecule has 0 spiro atoms. The summed E-state index contributed by atoms with van der Waals surface area (Å²) >= 11 is 0. The van der Waals surface area contributed by atoms with Crippen molar-refractivity contribution in [3.63, 3.8) is 0 Å². The van der Waals surface area contributed by atoms with Crippen LogP contribution in [0, 0.1) is 0 Å². The van der Waals surface area contributed by atoms with Crippen LogP contribution < -0.4 is 5.46 Å². The number of hydrogen-bond acceptors (Lipinski definition) is 9. The van der Waals surface area contributed by atoms with E-state index in [1.807, 2.05) is 0 Å². The van der Waals surface area contributed by atoms with Crippen LogP contribution in [-0.2, 0) is 9.31 Å². The van der Waals surface area contributed by atoms with Gasteiger partial charge in [0.2, 0.25) is 11.5 Å². The number of aromatic hydroxyl groups is 7. The van der Waals surface area contributed by atoms with Gasteiger partial charge < -0.3 is 50.0 Å². The molecule has 2 aromatic carbocycles. The second kappa shape index (κ2) is 5.46. The lowest BCUT2D eigenvalue weighted by molar-refractivity contribution is 0.00578. The molecule has 0 bridgehead atoms. The van der Waals surface area contributed by atoms with Gasteiger partial charge >= 0.3 is 7.12 Å². The van der Waals surface area contributed by atoms with E-state index in [1.165, 1.54) is 0 Å². The van der Waals surface area contributed by atoms with Crippen LogP contribution in [0.5, 0.6) is 40.2 Å². The van der Waals surface area contributed by atoms with Crippen molar-refractivity contribution >= 4 is 34.4 Å². The molecule has 11 heteroatoms. The van der Waals surface area contributed by atoms with Gasteiger partial charge in [0.15, 0.2) is 23.0 Å². The molecular weight excluding hydrogens is 385 g/mol. The largest absolute Gasteiger partial charge is 0.507 e. The van der Waals surface area contributed by atoms with E-state index in [-0.39, 0.29) is 27.3 Å². The Kier molecular flexibility index (Phi) is 3.60. The third-order valence-electron chi connectivity index (χ3n) is 5.84. The minimum Gasteiger partial charge on any atom is -0.507 e. The van der Waals surface area contributed by atoms with E-state index in [0.717, 1.165) is 0 Å². The maximum atomic E-state index is 10.9. The second-order valence-corrected chi connectivity index (χ2v) is 8.07. The maximum Gasteiger partial charge on any atom is 0.502 e. The average Bonchev–Trinajstić information content (AvgIpc) is 3.12. The molecule has 2 heterocycles. The van der Waals surface area contributed by atoms with E-state index in [4.69, 9.17) is 9.31 Å². The van der Waals surface area contributed by atoms with Crippen molar-refractivity contribution in [1.82, 2.24) is 4.98 Å². The molecule has 0 saturated carbocycles. The first-order chi connectivity index (χ1) is 13.3. The standard InChI is InChI=1S/C18H20BNO9/c1-17(2)18(3,4)29-19(28-17)7-10(21)5-6-9(20-8(5)13(24)12(7)23)14(25)16(27)15(26)11(6)22/h20-27H,1-4H3. The molecule has 0 unspecified atom stereocenters. The number of aromatic nitrogens is 1. The highest BCUT2D eigenvalue weighted by atomic mass is 16.7. The molecule has 154 valence electrons. The highest BCUT2D eigenvalue weighted by Gasteiger charge is 2.54. The Labute approximate surface area is 164 Å². The van der Waals surface area contributed by atoms with Crippen molar-refractivity contribution < 1.29 is 45.1 Å². The van der Waals surface area contributed by atoms with Crippen LogP contribution in [0.4, 0.5) is 0 Å². The summed E-state index contributed by atoms with van der Waals surface area (Å²) in [7, 11) is -1.26. The third kappa shape index (κ3) is 2.25. The third-order valence-corrected chi connectivity index (χ3v) is 5.84. The number of nitrogens with one attached hydrogen (secondary N) is 1. The Hall–Kier alpha value is -3.18. The molecule has 0 radical (unpaired) electrons. The second-order valence-electron chi connectivity index (χ2n) is 8.07. The molecule has 1 aliphatic rings. The zero-order valence-electron chi connectivity index (χ0n) is 16.0. The molecule has 4 rings (SSSR count). The molecule has 8 N–H and O–H groups in total. The number of benzene rings is 2. The van der Waals surface area contributed by atoms with Crippen molar-refractivity contribution in [2.45, 2.75) is 38.9 Å². The average molecular weight is 405 g/mol. The summed E-state index contributed by atoms with van der Waals surface area (Å²) in [6.07, 6.45) is 0. The van der Waals surface area contributed by atoms with Crippen molar-refractivity contribution in [2.75, 3.05) is 0 Å². The number of aromatic amines is 1. The van der Waals surface area contributed by atoms with Gasteiger partial charge in [-0.1, -0.05) is 0 Å². The number of phenols is 7. The van der Waals surface area contributed by atoms with Gasteiger partial charge in [0.05, 0.1) is 38.5 Å². The van der Waals surface area contributed by atoms with E-state index in [0.29, 0.717) is 0 Å². The number of phenolic OH excluding ortho intramolecular Hbond substituents is 7. The van der Waals surface area contributed by atoms with Gasteiger partial charge in [-0.25, -0.2) is 0 Å². The van der Waals surface area contributed by atoms with E-state index < -0.39 is 58.6 Å². The Bertz CT molecular complexity index is 1180. The Morgan fingerprint density at radius 3 is 1.52 bits per heavy atom. The number of H-pyrrole nitrogens is 1. The number of rotatable bonds is 1. The van der Waals surface area contributed by atoms with Crippen LogP contribution in [0.25, 0.3) is 21.8 Å². The lowest BCUT2D eigenvalue weighted by Crippen LogP contribution is -2.41. The van der Waals surface area contributed by atoms with Crippen molar-refractivity contribution in [1.29, 1.82) is 0 Å². The van der Waals surface area contributed by atoms with Crippen LogP contribution in [0.2, 0.25) is 0 Å². The molecule has 10 nitrogen and oxygen atoms in total. The van der Waals surface area contributed by atoms with Crippen LogP contribution in [0.15, 0.2) is 0 Å². The van der Waals surface area contributed by atoms with Gasteiger partial charge in [-0.15, -0.1) is 0 Å². The molecule has 3 aromatic rings. The van der Waals surface area contributed by atoms with Gasteiger partial charge in [-0.05, 0) is 27.7 Å². The molecule has 0 atom stereocenters. The van der Waals surface area contributed by atoms with E-state index in [9.17, 15) is 35.7 Å². The zero-order valence-corrected chi connectivity index (χ0v) is 16.0. The summed E-state index contributed by atoms with van der Waals surface area (Å²) in [4.78, 5) is 2.52. The Morgan fingerprint density at radius 1 is 0.586 bits per heavy atom. The molecule has 1 aliphatic heterocycles. The summed E-state index contributed by atoms with van der Waals surface area (Å²) < 4.78 is 11.7. The van der Waals surface area contributed by atoms with Crippen LogP contribution in [0.3, 0.4) is 0 Å². The monoisotopic (exact) mass is 405 g/mol. The molecule has 1 saturated heterocycles. The van der Waals surface area contributed by atoms with E-state index >= 15 is 0 Å². The Balaban J connectivity index is 2.11. The fourth-order valence-corrected chi connectivity index (χ4v) is 3.47. The highest BCUT2D eigenvalue weighted by Crippen LogP contribution is 2.54. The lowest BCUT2D eigenvalue weighted by atomic mass is 9.76. The number of fused-ring (bicyclic) bond motifs is 3. The van der Waals surface area contributed by atoms with Crippen LogP contribution >= 0.6 is 0 Å². The maximum absolute atomic E-state index is 10.9. The fraction of sp³-hybridized carbons (Fsp3) is 0.333. The predicted molar refractivity (Wildman–Crippen MR) is 103 cm³/mol. The molecule has 1 aromatic heterocycles. The van der Waals surface area contributed by atoms with Crippen molar-refractivity contribution in [3.8, 4) is 40.2 Å². The topological polar surface area (TPSA) is 176 Å². The summed E-state index contributed by atoms with van der Waals surface area (Å²) in [5, 5.41) is 71.5. The summed E-state index contributed by atoms with van der Waals surface area (Å²) in [5.74, 6) is -5.72. The molecule has 0 amide bonds. The first-order valence-electron chi connectivity index (χ1n) is 8.73. The number of hydrogen-bond donors (Lipinski definition) is 8. The summed E-state index contributed by atoms with van der Waals surface area (Å²) in [5.41, 5.74) is -2.44. The van der Waals surface area contributed by atoms with Crippen molar-refractivity contribution in [2.24, 2.45) is 0 Å². The first kappa shape index (κ1) is 19.2. The summed E-state index contributed by atoms with van der Waals surface area (Å²) in [6.45, 7) is 7.04. The van der Waals surface area contributed by atoms with E-state index in [1.54, 1.807) is 27.7 Å². The van der Waals surface area contributed by atoms with Gasteiger partial charge in [-0.2, -0.15) is 0 Å². The normalized spacial score (nSPS) is 18.1. The minimum absolute atomic E-state index is 0.219. The predicted octanol–water partition coefficient (Wildman–Crippen LogP) is 1.56. The highest BCUT2D eigenvalue weighted by molar-refractivity contribution is 6.65. The van der Waals surface area contributed by atoms with E-state index in [2.05, 4.69) is 4.98 Å². The molecular formula is C18H20BNO9. The van der Waals surface area contributed by atoms with Crippen LogP contribution in [-0.4, -0.2) is 59.1 Å². The lowest BCUT2D eigenvalue weighted by Gasteiger charge is -2.32. The first-order valence-corrected chi connectivity index (χ1v) is 8.73. The quantitative estimate of drug-likeness (QED) is 0.170. The minimum atomic E-state index is -1.26.